The van der Waals surface area contributed by atoms with Crippen molar-refractivity contribution in [1.82, 2.24) is 5.32 Å². The van der Waals surface area contributed by atoms with Crippen LogP contribution >= 0.6 is 0 Å². The lowest BCUT2D eigenvalue weighted by Crippen LogP contribution is -2.28. The minimum absolute atomic E-state index is 0.100. The van der Waals surface area contributed by atoms with Crippen molar-refractivity contribution in [2.45, 2.75) is 47.0 Å². The molecular weight excluding hydrogens is 230 g/mol. The Kier molecular flexibility index (Phi) is 4.77. The molecule has 0 radical (unpaired) electrons. The smallest absolute Gasteiger partial charge is 0.307 e. The Hall–Kier alpha value is -1.06. The quantitative estimate of drug-likeness (QED) is 0.686. The molecule has 0 aromatic rings. The summed E-state index contributed by atoms with van der Waals surface area (Å²) in [5.41, 5.74) is -0.395. The number of unbranched alkanes of at least 4 members (excludes halogenated alkanes) is 1. The molecule has 0 spiro atoms. The third-order valence-corrected chi connectivity index (χ3v) is 3.88. The number of carboxylic acids is 1. The van der Waals surface area contributed by atoms with Crippen molar-refractivity contribution in [3.8, 4) is 0 Å². The lowest BCUT2D eigenvalue weighted by Gasteiger charge is -2.07. The van der Waals surface area contributed by atoms with Crippen LogP contribution in [0.15, 0.2) is 0 Å². The average molecular weight is 255 g/mol. The number of hydrogen-bond acceptors (Lipinski definition) is 2. The van der Waals surface area contributed by atoms with Gasteiger partial charge in [0, 0.05) is 6.54 Å². The van der Waals surface area contributed by atoms with Crippen LogP contribution < -0.4 is 5.32 Å². The molecule has 2 N–H and O–H groups in total. The van der Waals surface area contributed by atoms with Crippen LogP contribution in [0.3, 0.4) is 0 Å². The van der Waals surface area contributed by atoms with E-state index in [1.54, 1.807) is 0 Å². The normalized spacial score (nSPS) is 24.9. The molecule has 1 aliphatic carbocycles. The van der Waals surface area contributed by atoms with Crippen LogP contribution in [-0.2, 0) is 9.59 Å². The Labute approximate surface area is 109 Å². The van der Waals surface area contributed by atoms with E-state index in [0.717, 1.165) is 12.8 Å². The van der Waals surface area contributed by atoms with Crippen molar-refractivity contribution in [1.29, 1.82) is 0 Å². The number of nitrogens with one attached hydrogen (secondary N) is 1. The third-order valence-electron chi connectivity index (χ3n) is 3.88. The molecule has 1 rings (SSSR count). The van der Waals surface area contributed by atoms with E-state index in [9.17, 15) is 9.59 Å². The summed E-state index contributed by atoms with van der Waals surface area (Å²) in [6.45, 7) is 8.71. The fourth-order valence-corrected chi connectivity index (χ4v) is 2.59. The molecule has 2 unspecified atom stereocenters. The maximum atomic E-state index is 11.9. The number of amides is 1. The van der Waals surface area contributed by atoms with Gasteiger partial charge in [0.25, 0.3) is 0 Å². The Morgan fingerprint density at radius 3 is 2.28 bits per heavy atom. The van der Waals surface area contributed by atoms with E-state index >= 15 is 0 Å². The SMILES string of the molecule is CC(C)CCCCNC(=O)C1C(C(=O)O)C1(C)C. The molecule has 4 heteroatoms. The number of carbonyl (C=O) groups excluding carboxylic acids is 1. The number of hydrogen-bond donors (Lipinski definition) is 2. The van der Waals surface area contributed by atoms with E-state index in [-0.39, 0.29) is 11.8 Å². The number of carboxylic acid groups (broad SMARTS) is 1. The lowest BCUT2D eigenvalue weighted by molar-refractivity contribution is -0.140. The molecule has 104 valence electrons. The van der Waals surface area contributed by atoms with Crippen LogP contribution in [0.2, 0.25) is 0 Å². The van der Waals surface area contributed by atoms with Gasteiger partial charge in [-0.3, -0.25) is 9.59 Å². The molecule has 0 aromatic heterocycles. The van der Waals surface area contributed by atoms with Gasteiger partial charge in [-0.15, -0.1) is 0 Å². The summed E-state index contributed by atoms with van der Waals surface area (Å²) in [5, 5.41) is 11.9. The molecular formula is C14H25NO3. The number of aliphatic carboxylic acids is 1. The van der Waals surface area contributed by atoms with E-state index in [1.165, 1.54) is 6.42 Å². The molecule has 0 aromatic carbocycles. The van der Waals surface area contributed by atoms with Gasteiger partial charge in [0.1, 0.15) is 0 Å². The van der Waals surface area contributed by atoms with Crippen LogP contribution in [0.5, 0.6) is 0 Å². The zero-order valence-corrected chi connectivity index (χ0v) is 11.8. The van der Waals surface area contributed by atoms with Gasteiger partial charge < -0.3 is 10.4 Å². The standard InChI is InChI=1S/C14H25NO3/c1-9(2)7-5-6-8-15-12(16)10-11(13(17)18)14(10,3)4/h9-11H,5-8H2,1-4H3,(H,15,16)(H,17,18). The maximum Gasteiger partial charge on any atom is 0.307 e. The molecule has 0 saturated heterocycles. The first-order chi connectivity index (χ1) is 8.28. The van der Waals surface area contributed by atoms with Crippen molar-refractivity contribution < 1.29 is 14.7 Å². The molecule has 18 heavy (non-hydrogen) atoms. The monoisotopic (exact) mass is 255 g/mol. The molecule has 1 amide bonds. The second-order valence-corrected chi connectivity index (χ2v) is 6.30. The van der Waals surface area contributed by atoms with Crippen molar-refractivity contribution in [2.24, 2.45) is 23.2 Å². The molecule has 0 aliphatic heterocycles. The Morgan fingerprint density at radius 2 is 1.83 bits per heavy atom. The lowest BCUT2D eigenvalue weighted by atomic mass is 10.1. The van der Waals surface area contributed by atoms with Crippen LogP contribution in [0.4, 0.5) is 0 Å². The van der Waals surface area contributed by atoms with Crippen LogP contribution in [0.1, 0.15) is 47.0 Å². The summed E-state index contributed by atoms with van der Waals surface area (Å²) < 4.78 is 0. The molecule has 2 atom stereocenters. The molecule has 0 heterocycles. The van der Waals surface area contributed by atoms with Gasteiger partial charge >= 0.3 is 5.97 Å². The van der Waals surface area contributed by atoms with Crippen molar-refractivity contribution in [3.05, 3.63) is 0 Å². The molecule has 1 saturated carbocycles. The van der Waals surface area contributed by atoms with E-state index in [0.29, 0.717) is 12.5 Å². The second kappa shape index (κ2) is 5.72. The number of carbonyl (C=O) groups is 2. The summed E-state index contributed by atoms with van der Waals surface area (Å²) >= 11 is 0. The minimum Gasteiger partial charge on any atom is -0.481 e. The summed E-state index contributed by atoms with van der Waals surface area (Å²) in [7, 11) is 0. The van der Waals surface area contributed by atoms with Crippen LogP contribution in [0, 0.1) is 23.2 Å². The van der Waals surface area contributed by atoms with Gasteiger partial charge in [0.2, 0.25) is 5.91 Å². The highest BCUT2D eigenvalue weighted by atomic mass is 16.4. The number of rotatable bonds is 7. The summed E-state index contributed by atoms with van der Waals surface area (Å²) in [4.78, 5) is 22.8. The van der Waals surface area contributed by atoms with Gasteiger partial charge in [-0.25, -0.2) is 0 Å². The van der Waals surface area contributed by atoms with Gasteiger partial charge in [-0.05, 0) is 17.8 Å². The first-order valence-corrected chi connectivity index (χ1v) is 6.79. The summed E-state index contributed by atoms with van der Waals surface area (Å²) in [6.07, 6.45) is 3.24. The fraction of sp³-hybridized carbons (Fsp3) is 0.857. The summed E-state index contributed by atoms with van der Waals surface area (Å²) in [5.74, 6) is -1.15. The molecule has 0 bridgehead atoms. The molecule has 4 nitrogen and oxygen atoms in total. The predicted octanol–water partition coefficient (Wildman–Crippen LogP) is 2.29. The Bertz CT molecular complexity index is 323. The van der Waals surface area contributed by atoms with E-state index in [4.69, 9.17) is 5.11 Å². The van der Waals surface area contributed by atoms with Gasteiger partial charge in [-0.2, -0.15) is 0 Å². The van der Waals surface area contributed by atoms with Gasteiger partial charge in [-0.1, -0.05) is 40.5 Å². The average Bonchev–Trinajstić information content (AvgIpc) is 2.80. The van der Waals surface area contributed by atoms with Crippen molar-refractivity contribution >= 4 is 11.9 Å². The minimum atomic E-state index is -0.861. The third kappa shape index (κ3) is 3.47. The van der Waals surface area contributed by atoms with Crippen LogP contribution in [0.25, 0.3) is 0 Å². The van der Waals surface area contributed by atoms with Gasteiger partial charge in [0.15, 0.2) is 0 Å². The fourth-order valence-electron chi connectivity index (χ4n) is 2.59. The topological polar surface area (TPSA) is 66.4 Å². The van der Waals surface area contributed by atoms with Gasteiger partial charge in [0.05, 0.1) is 11.8 Å². The maximum absolute atomic E-state index is 11.9. The first kappa shape index (κ1) is 15.0. The highest BCUT2D eigenvalue weighted by molar-refractivity contribution is 5.91. The Balaban J connectivity index is 2.25. The van der Waals surface area contributed by atoms with Crippen LogP contribution in [-0.4, -0.2) is 23.5 Å². The second-order valence-electron chi connectivity index (χ2n) is 6.30. The predicted molar refractivity (Wildman–Crippen MR) is 70.1 cm³/mol. The summed E-state index contributed by atoms with van der Waals surface area (Å²) in [6, 6.07) is 0. The molecule has 1 aliphatic rings. The van der Waals surface area contributed by atoms with Crippen molar-refractivity contribution in [3.63, 3.8) is 0 Å². The highest BCUT2D eigenvalue weighted by Gasteiger charge is 2.65. The van der Waals surface area contributed by atoms with E-state index in [2.05, 4.69) is 19.2 Å². The highest BCUT2D eigenvalue weighted by Crippen LogP contribution is 2.58. The molecule has 1 fully saturated rings. The van der Waals surface area contributed by atoms with Crippen molar-refractivity contribution in [2.75, 3.05) is 6.54 Å². The first-order valence-electron chi connectivity index (χ1n) is 6.79. The van der Waals surface area contributed by atoms with E-state index in [1.807, 2.05) is 13.8 Å². The Morgan fingerprint density at radius 1 is 1.22 bits per heavy atom. The largest absolute Gasteiger partial charge is 0.481 e. The zero-order valence-electron chi connectivity index (χ0n) is 11.8. The zero-order chi connectivity index (χ0) is 13.9. The van der Waals surface area contributed by atoms with E-state index < -0.39 is 17.3 Å².